The van der Waals surface area contributed by atoms with E-state index >= 15 is 0 Å². The van der Waals surface area contributed by atoms with Crippen molar-refractivity contribution in [2.24, 2.45) is 0 Å². The molecule has 0 saturated carbocycles. The standard InChI is InChI=1S/C18H26N4O/c1-17(2)12-15(13-18(3,4)22(17)11-10-19)21-16(23)20-14-8-6-5-7-9-14/h5-9,15H,11-13H2,1-4H3,(H2,20,21,23). The van der Waals surface area contributed by atoms with Crippen molar-refractivity contribution in [2.75, 3.05) is 11.9 Å². The number of piperidine rings is 1. The van der Waals surface area contributed by atoms with Gasteiger partial charge in [-0.15, -0.1) is 0 Å². The van der Waals surface area contributed by atoms with Crippen molar-refractivity contribution in [1.29, 1.82) is 5.26 Å². The Labute approximate surface area is 138 Å². The van der Waals surface area contributed by atoms with Gasteiger partial charge in [-0.25, -0.2) is 4.79 Å². The minimum atomic E-state index is -0.179. The van der Waals surface area contributed by atoms with Gasteiger partial charge in [-0.1, -0.05) is 18.2 Å². The molecule has 1 aromatic carbocycles. The van der Waals surface area contributed by atoms with Gasteiger partial charge in [0.2, 0.25) is 0 Å². The molecule has 0 aliphatic carbocycles. The number of benzene rings is 1. The molecule has 1 heterocycles. The van der Waals surface area contributed by atoms with Crippen LogP contribution in [0.15, 0.2) is 30.3 Å². The van der Waals surface area contributed by atoms with Crippen molar-refractivity contribution in [3.63, 3.8) is 0 Å². The first kappa shape index (κ1) is 17.3. The second-order valence-electron chi connectivity index (χ2n) is 7.44. The Morgan fingerprint density at radius 1 is 1.22 bits per heavy atom. The Bertz CT molecular complexity index is 571. The summed E-state index contributed by atoms with van der Waals surface area (Å²) in [5, 5.41) is 15.0. The number of nitriles is 1. The Balaban J connectivity index is 2.02. The number of carbonyl (C=O) groups excluding carboxylic acids is 1. The average molecular weight is 314 g/mol. The summed E-state index contributed by atoms with van der Waals surface area (Å²) in [4.78, 5) is 14.5. The molecule has 1 aliphatic heterocycles. The fourth-order valence-corrected chi connectivity index (χ4v) is 3.79. The van der Waals surface area contributed by atoms with Crippen LogP contribution in [0.1, 0.15) is 40.5 Å². The second-order valence-corrected chi connectivity index (χ2v) is 7.44. The summed E-state index contributed by atoms with van der Waals surface area (Å²) in [5.74, 6) is 0. The number of amides is 2. The highest BCUT2D eigenvalue weighted by Crippen LogP contribution is 2.38. The smallest absolute Gasteiger partial charge is 0.319 e. The first-order valence-corrected chi connectivity index (χ1v) is 8.02. The lowest BCUT2D eigenvalue weighted by Gasteiger charge is -2.54. The van der Waals surface area contributed by atoms with Crippen molar-refractivity contribution in [1.82, 2.24) is 10.2 Å². The van der Waals surface area contributed by atoms with E-state index in [4.69, 9.17) is 5.26 Å². The molecular weight excluding hydrogens is 288 g/mol. The minimum Gasteiger partial charge on any atom is -0.335 e. The zero-order chi connectivity index (χ0) is 17.1. The van der Waals surface area contributed by atoms with Crippen molar-refractivity contribution < 1.29 is 4.79 Å². The Kier molecular flexibility index (Phi) is 4.96. The fourth-order valence-electron chi connectivity index (χ4n) is 3.79. The Morgan fingerprint density at radius 3 is 2.30 bits per heavy atom. The van der Waals surface area contributed by atoms with Crippen molar-refractivity contribution in [3.8, 4) is 6.07 Å². The predicted octanol–water partition coefficient (Wildman–Crippen LogP) is 3.35. The van der Waals surface area contributed by atoms with Gasteiger partial charge in [0.15, 0.2) is 0 Å². The number of urea groups is 1. The Hall–Kier alpha value is -2.06. The highest BCUT2D eigenvalue weighted by Gasteiger charge is 2.45. The molecule has 124 valence electrons. The van der Waals surface area contributed by atoms with Crippen LogP contribution < -0.4 is 10.6 Å². The number of nitrogens with one attached hydrogen (secondary N) is 2. The van der Waals surface area contributed by atoms with Gasteiger partial charge in [-0.2, -0.15) is 5.26 Å². The molecule has 1 saturated heterocycles. The molecule has 5 heteroatoms. The summed E-state index contributed by atoms with van der Waals surface area (Å²) >= 11 is 0. The lowest BCUT2D eigenvalue weighted by atomic mass is 9.77. The van der Waals surface area contributed by atoms with Crippen LogP contribution in [-0.2, 0) is 0 Å². The van der Waals surface area contributed by atoms with E-state index in [0.717, 1.165) is 18.5 Å². The molecule has 5 nitrogen and oxygen atoms in total. The maximum absolute atomic E-state index is 12.2. The minimum absolute atomic E-state index is 0.0821. The lowest BCUT2D eigenvalue weighted by molar-refractivity contribution is -0.0274. The summed E-state index contributed by atoms with van der Waals surface area (Å²) in [6.07, 6.45) is 1.64. The van der Waals surface area contributed by atoms with Crippen LogP contribution in [0.3, 0.4) is 0 Å². The van der Waals surface area contributed by atoms with Gasteiger partial charge in [0, 0.05) is 22.8 Å². The van der Waals surface area contributed by atoms with Gasteiger partial charge < -0.3 is 10.6 Å². The number of hydrogen-bond acceptors (Lipinski definition) is 3. The third kappa shape index (κ3) is 4.23. The molecule has 1 aromatic rings. The highest BCUT2D eigenvalue weighted by atomic mass is 16.2. The maximum Gasteiger partial charge on any atom is 0.319 e. The first-order chi connectivity index (χ1) is 10.7. The third-order valence-corrected chi connectivity index (χ3v) is 4.55. The number of rotatable bonds is 3. The lowest BCUT2D eigenvalue weighted by Crippen LogP contribution is -2.64. The molecule has 2 N–H and O–H groups in total. The average Bonchev–Trinajstić information content (AvgIpc) is 2.43. The molecular formula is C18H26N4O. The summed E-state index contributed by atoms with van der Waals surface area (Å²) in [5.41, 5.74) is 0.509. The van der Waals surface area contributed by atoms with Crippen molar-refractivity contribution in [3.05, 3.63) is 30.3 Å². The van der Waals surface area contributed by atoms with E-state index in [2.05, 4.69) is 49.3 Å². The van der Waals surface area contributed by atoms with E-state index in [1.54, 1.807) is 0 Å². The SMILES string of the molecule is CC1(C)CC(NC(=O)Nc2ccccc2)CC(C)(C)N1CC#N. The van der Waals surface area contributed by atoms with Gasteiger partial charge in [0.05, 0.1) is 12.6 Å². The molecule has 23 heavy (non-hydrogen) atoms. The normalized spacial score (nSPS) is 20.5. The van der Waals surface area contributed by atoms with Crippen molar-refractivity contribution >= 4 is 11.7 Å². The molecule has 1 aliphatic rings. The molecule has 0 atom stereocenters. The molecule has 0 unspecified atom stereocenters. The largest absolute Gasteiger partial charge is 0.335 e. The topological polar surface area (TPSA) is 68.2 Å². The monoisotopic (exact) mass is 314 g/mol. The van der Waals surface area contributed by atoms with Crippen LogP contribution in [0.4, 0.5) is 10.5 Å². The molecule has 0 radical (unpaired) electrons. The number of para-hydroxylation sites is 1. The number of carbonyl (C=O) groups is 1. The maximum atomic E-state index is 12.2. The number of hydrogen-bond donors (Lipinski definition) is 2. The van der Waals surface area contributed by atoms with E-state index in [0.29, 0.717) is 6.54 Å². The molecule has 2 amide bonds. The van der Waals surface area contributed by atoms with Gasteiger partial charge in [-0.3, -0.25) is 4.90 Å². The van der Waals surface area contributed by atoms with Gasteiger partial charge in [0.1, 0.15) is 0 Å². The summed E-state index contributed by atoms with van der Waals surface area (Å²) in [7, 11) is 0. The van der Waals surface area contributed by atoms with Crippen molar-refractivity contribution in [2.45, 2.75) is 57.7 Å². The molecule has 2 rings (SSSR count). The van der Waals surface area contributed by atoms with Crippen LogP contribution in [0.5, 0.6) is 0 Å². The van der Waals surface area contributed by atoms with Gasteiger partial charge >= 0.3 is 6.03 Å². The molecule has 0 spiro atoms. The summed E-state index contributed by atoms with van der Waals surface area (Å²) < 4.78 is 0. The van der Waals surface area contributed by atoms with Crippen LogP contribution in [0, 0.1) is 11.3 Å². The number of nitrogens with zero attached hydrogens (tertiary/aromatic N) is 2. The van der Waals surface area contributed by atoms with Crippen LogP contribution in [0.25, 0.3) is 0 Å². The molecule has 1 fully saturated rings. The van der Waals surface area contributed by atoms with Crippen LogP contribution in [-0.4, -0.2) is 34.6 Å². The summed E-state index contributed by atoms with van der Waals surface area (Å²) in [6.45, 7) is 8.94. The van der Waals surface area contributed by atoms with E-state index in [9.17, 15) is 4.79 Å². The highest BCUT2D eigenvalue weighted by molar-refractivity contribution is 5.89. The summed E-state index contributed by atoms with van der Waals surface area (Å²) in [6, 6.07) is 11.6. The van der Waals surface area contributed by atoms with Crippen LogP contribution >= 0.6 is 0 Å². The zero-order valence-electron chi connectivity index (χ0n) is 14.4. The third-order valence-electron chi connectivity index (χ3n) is 4.55. The van der Waals surface area contributed by atoms with Gasteiger partial charge in [0.25, 0.3) is 0 Å². The zero-order valence-corrected chi connectivity index (χ0v) is 14.4. The number of anilines is 1. The molecule has 0 aromatic heterocycles. The van der Waals surface area contributed by atoms with E-state index in [-0.39, 0.29) is 23.2 Å². The quantitative estimate of drug-likeness (QED) is 0.841. The fraction of sp³-hybridized carbons (Fsp3) is 0.556. The number of likely N-dealkylation sites (tertiary alicyclic amines) is 1. The Morgan fingerprint density at radius 2 is 1.78 bits per heavy atom. The first-order valence-electron chi connectivity index (χ1n) is 8.02. The van der Waals surface area contributed by atoms with E-state index in [1.807, 2.05) is 30.3 Å². The molecule has 0 bridgehead atoms. The van der Waals surface area contributed by atoms with Gasteiger partial charge in [-0.05, 0) is 52.7 Å². The van der Waals surface area contributed by atoms with Crippen LogP contribution in [0.2, 0.25) is 0 Å². The predicted molar refractivity (Wildman–Crippen MR) is 92.1 cm³/mol. The second kappa shape index (κ2) is 6.59. The van der Waals surface area contributed by atoms with E-state index < -0.39 is 0 Å². The van der Waals surface area contributed by atoms with E-state index in [1.165, 1.54) is 0 Å².